The van der Waals surface area contributed by atoms with Crippen molar-refractivity contribution in [3.8, 4) is 5.69 Å². The Labute approximate surface area is 189 Å². The van der Waals surface area contributed by atoms with Gasteiger partial charge in [0.05, 0.1) is 11.3 Å². The molecule has 7 nitrogen and oxygen atoms in total. The summed E-state index contributed by atoms with van der Waals surface area (Å²) in [6.45, 7) is 2.04. The Morgan fingerprint density at radius 3 is 2.50 bits per heavy atom. The van der Waals surface area contributed by atoms with Gasteiger partial charge in [-0.05, 0) is 72.7 Å². The van der Waals surface area contributed by atoms with Crippen LogP contribution in [0.15, 0.2) is 72.4 Å². The van der Waals surface area contributed by atoms with E-state index in [1.165, 1.54) is 23.1 Å². The first-order valence-corrected chi connectivity index (χ1v) is 10.3. The number of nitrogens with one attached hydrogen (secondary N) is 1. The standard InChI is InChI=1S/C24H19N3O4S/c1-2-15-8-10-17(11-9-15)27-22(29)20(21(28)25-24(27)32)14-19-7-4-12-26(19)18-6-3-5-16(13-18)23(30)31/h3-14H,2H2,1H3,(H,30,31)(H,25,28,32)/b20-14+. The molecule has 1 aliphatic heterocycles. The van der Waals surface area contributed by atoms with Crippen molar-refractivity contribution in [2.24, 2.45) is 0 Å². The average Bonchev–Trinajstić information content (AvgIpc) is 3.25. The monoisotopic (exact) mass is 445 g/mol. The lowest BCUT2D eigenvalue weighted by Crippen LogP contribution is -2.54. The lowest BCUT2D eigenvalue weighted by molar-refractivity contribution is -0.122. The minimum Gasteiger partial charge on any atom is -0.478 e. The zero-order valence-corrected chi connectivity index (χ0v) is 17.9. The summed E-state index contributed by atoms with van der Waals surface area (Å²) in [7, 11) is 0. The number of hydrogen-bond donors (Lipinski definition) is 2. The third-order valence-electron chi connectivity index (χ3n) is 5.15. The van der Waals surface area contributed by atoms with E-state index < -0.39 is 17.8 Å². The third-order valence-corrected chi connectivity index (χ3v) is 5.43. The molecule has 2 amide bonds. The Hall–Kier alpha value is -4.04. The topological polar surface area (TPSA) is 91.6 Å². The largest absolute Gasteiger partial charge is 0.478 e. The Kier molecular flexibility index (Phi) is 5.70. The van der Waals surface area contributed by atoms with Crippen LogP contribution in [0.4, 0.5) is 5.69 Å². The van der Waals surface area contributed by atoms with Gasteiger partial charge in [-0.1, -0.05) is 25.1 Å². The number of benzene rings is 2. The number of aryl methyl sites for hydroxylation is 1. The number of aromatic nitrogens is 1. The molecule has 3 aromatic rings. The lowest BCUT2D eigenvalue weighted by atomic mass is 10.1. The fourth-order valence-electron chi connectivity index (χ4n) is 3.46. The molecule has 32 heavy (non-hydrogen) atoms. The van der Waals surface area contributed by atoms with Gasteiger partial charge in [0.1, 0.15) is 5.57 Å². The van der Waals surface area contributed by atoms with E-state index in [9.17, 15) is 19.5 Å². The van der Waals surface area contributed by atoms with E-state index in [-0.39, 0.29) is 16.2 Å². The van der Waals surface area contributed by atoms with Gasteiger partial charge < -0.3 is 9.67 Å². The summed E-state index contributed by atoms with van der Waals surface area (Å²) in [6.07, 6.45) is 4.06. The van der Waals surface area contributed by atoms with Crippen molar-refractivity contribution in [1.29, 1.82) is 0 Å². The maximum absolute atomic E-state index is 13.2. The molecule has 0 bridgehead atoms. The van der Waals surface area contributed by atoms with Crippen LogP contribution in [0.1, 0.15) is 28.5 Å². The smallest absolute Gasteiger partial charge is 0.335 e. The molecule has 0 aliphatic carbocycles. The van der Waals surface area contributed by atoms with Gasteiger partial charge in [0.25, 0.3) is 11.8 Å². The zero-order valence-electron chi connectivity index (χ0n) is 17.1. The van der Waals surface area contributed by atoms with Crippen molar-refractivity contribution in [2.45, 2.75) is 13.3 Å². The van der Waals surface area contributed by atoms with Crippen molar-refractivity contribution in [1.82, 2.24) is 9.88 Å². The molecule has 2 aromatic carbocycles. The van der Waals surface area contributed by atoms with Gasteiger partial charge in [0, 0.05) is 17.6 Å². The molecule has 1 fully saturated rings. The molecule has 160 valence electrons. The number of carbonyl (C=O) groups excluding carboxylic acids is 2. The van der Waals surface area contributed by atoms with Crippen molar-refractivity contribution in [3.63, 3.8) is 0 Å². The summed E-state index contributed by atoms with van der Waals surface area (Å²) in [4.78, 5) is 38.5. The van der Waals surface area contributed by atoms with Crippen LogP contribution >= 0.6 is 12.2 Å². The first-order valence-electron chi connectivity index (χ1n) is 9.90. The summed E-state index contributed by atoms with van der Waals surface area (Å²) < 4.78 is 1.70. The predicted molar refractivity (Wildman–Crippen MR) is 125 cm³/mol. The van der Waals surface area contributed by atoms with Crippen molar-refractivity contribution in [2.75, 3.05) is 4.90 Å². The van der Waals surface area contributed by atoms with Crippen LogP contribution in [0.25, 0.3) is 11.8 Å². The highest BCUT2D eigenvalue weighted by atomic mass is 32.1. The molecule has 4 rings (SSSR count). The van der Waals surface area contributed by atoms with E-state index in [4.69, 9.17) is 12.2 Å². The Balaban J connectivity index is 1.72. The van der Waals surface area contributed by atoms with Gasteiger partial charge in [-0.3, -0.25) is 19.8 Å². The number of amides is 2. The Morgan fingerprint density at radius 1 is 1.06 bits per heavy atom. The molecule has 1 saturated heterocycles. The molecule has 8 heteroatoms. The molecule has 1 aromatic heterocycles. The molecule has 0 atom stereocenters. The molecule has 0 radical (unpaired) electrons. The molecule has 0 spiro atoms. The van der Waals surface area contributed by atoms with Crippen molar-refractivity contribution < 1.29 is 19.5 Å². The number of aromatic carboxylic acids is 1. The van der Waals surface area contributed by atoms with Gasteiger partial charge in [0.15, 0.2) is 5.11 Å². The first-order chi connectivity index (χ1) is 15.4. The number of nitrogens with zero attached hydrogens (tertiary/aromatic N) is 2. The summed E-state index contributed by atoms with van der Waals surface area (Å²) in [6, 6.07) is 17.3. The second kappa shape index (κ2) is 8.60. The van der Waals surface area contributed by atoms with Crippen LogP contribution in [-0.4, -0.2) is 32.6 Å². The second-order valence-corrected chi connectivity index (χ2v) is 7.52. The van der Waals surface area contributed by atoms with E-state index >= 15 is 0 Å². The number of thiocarbonyl (C=S) groups is 1. The van der Waals surface area contributed by atoms with Gasteiger partial charge in [-0.15, -0.1) is 0 Å². The summed E-state index contributed by atoms with van der Waals surface area (Å²) in [5.74, 6) is -2.16. The molecular weight excluding hydrogens is 426 g/mol. The van der Waals surface area contributed by atoms with Gasteiger partial charge in [0.2, 0.25) is 0 Å². The molecule has 0 saturated carbocycles. The number of carboxylic acid groups (broad SMARTS) is 1. The SMILES string of the molecule is CCc1ccc(N2C(=O)/C(=C/c3cccn3-c3cccc(C(=O)O)c3)C(=O)NC2=S)cc1. The van der Waals surface area contributed by atoms with Crippen molar-refractivity contribution >= 4 is 46.9 Å². The van der Waals surface area contributed by atoms with Crippen LogP contribution in [0.5, 0.6) is 0 Å². The van der Waals surface area contributed by atoms with E-state index in [0.29, 0.717) is 17.1 Å². The number of carboxylic acids is 1. The summed E-state index contributed by atoms with van der Waals surface area (Å²) in [5, 5.41) is 11.9. The van der Waals surface area contributed by atoms with Crippen LogP contribution in [0, 0.1) is 0 Å². The minimum atomic E-state index is -1.04. The molecular formula is C24H19N3O4S. The predicted octanol–water partition coefficient (Wildman–Crippen LogP) is 3.57. The lowest BCUT2D eigenvalue weighted by Gasteiger charge is -2.29. The summed E-state index contributed by atoms with van der Waals surface area (Å²) >= 11 is 5.25. The van der Waals surface area contributed by atoms with E-state index in [1.807, 2.05) is 19.1 Å². The quantitative estimate of drug-likeness (QED) is 0.356. The van der Waals surface area contributed by atoms with Gasteiger partial charge >= 0.3 is 5.97 Å². The van der Waals surface area contributed by atoms with E-state index in [1.54, 1.807) is 47.2 Å². The van der Waals surface area contributed by atoms with Crippen LogP contribution in [-0.2, 0) is 16.0 Å². The maximum Gasteiger partial charge on any atom is 0.335 e. The Bertz CT molecular complexity index is 1270. The van der Waals surface area contributed by atoms with E-state index in [2.05, 4.69) is 5.32 Å². The average molecular weight is 446 g/mol. The van der Waals surface area contributed by atoms with Crippen LogP contribution in [0.2, 0.25) is 0 Å². The number of carbonyl (C=O) groups is 3. The molecule has 0 unspecified atom stereocenters. The minimum absolute atomic E-state index is 0.0194. The number of anilines is 1. The zero-order chi connectivity index (χ0) is 22.8. The van der Waals surface area contributed by atoms with Gasteiger partial charge in [-0.25, -0.2) is 4.79 Å². The fourth-order valence-corrected chi connectivity index (χ4v) is 3.74. The fraction of sp³-hybridized carbons (Fsp3) is 0.0833. The molecule has 2 heterocycles. The highest BCUT2D eigenvalue weighted by Gasteiger charge is 2.34. The normalized spacial score (nSPS) is 15.2. The third kappa shape index (κ3) is 3.95. The van der Waals surface area contributed by atoms with Crippen LogP contribution < -0.4 is 10.2 Å². The molecule has 2 N–H and O–H groups in total. The second-order valence-electron chi connectivity index (χ2n) is 7.14. The highest BCUT2D eigenvalue weighted by molar-refractivity contribution is 7.80. The van der Waals surface area contributed by atoms with E-state index in [0.717, 1.165) is 12.0 Å². The number of rotatable bonds is 5. The summed E-state index contributed by atoms with van der Waals surface area (Å²) in [5.41, 5.74) is 2.87. The van der Waals surface area contributed by atoms with Crippen molar-refractivity contribution in [3.05, 3.63) is 89.3 Å². The maximum atomic E-state index is 13.2. The van der Waals surface area contributed by atoms with Gasteiger partial charge in [-0.2, -0.15) is 0 Å². The highest BCUT2D eigenvalue weighted by Crippen LogP contribution is 2.24. The Morgan fingerprint density at radius 2 is 1.81 bits per heavy atom. The number of hydrogen-bond acceptors (Lipinski definition) is 4. The van der Waals surface area contributed by atoms with Crippen LogP contribution in [0.3, 0.4) is 0 Å². The molecule has 1 aliphatic rings. The first kappa shape index (κ1) is 21.2.